The Hall–Kier alpha value is -5.43. The van der Waals surface area contributed by atoms with E-state index in [0.29, 0.717) is 29.5 Å². The van der Waals surface area contributed by atoms with Crippen LogP contribution < -0.4 is 50.6 Å². The summed E-state index contributed by atoms with van der Waals surface area (Å²) in [5.41, 5.74) is 7.59. The van der Waals surface area contributed by atoms with Gasteiger partial charge in [0.2, 0.25) is 23.6 Å². The first-order chi connectivity index (χ1) is 41.3. The van der Waals surface area contributed by atoms with Gasteiger partial charge in [0.15, 0.2) is 5.82 Å². The topological polar surface area (TPSA) is 258 Å². The number of likely N-dealkylation sites (tertiary alicyclic amines) is 1. The number of esters is 1. The Kier molecular flexibility index (Phi) is 28.5. The Bertz CT molecular complexity index is 3110. The molecule has 4 amide bonds. The predicted octanol–water partition coefficient (Wildman–Crippen LogP) is 5.58. The third kappa shape index (κ3) is 21.1. The average molecular weight is 1260 g/mol. The molecule has 5 aromatic rings. The number of benzene rings is 2. The maximum atomic E-state index is 14.6. The molecule has 1 fully saturated rings. The second kappa shape index (κ2) is 35.1. The van der Waals surface area contributed by atoms with Gasteiger partial charge >= 0.3 is 35.5 Å². The second-order valence-corrected chi connectivity index (χ2v) is 25.5. The van der Waals surface area contributed by atoms with E-state index < -0.39 is 53.3 Å². The minimum absolute atomic E-state index is 0. The molecule has 5 heterocycles. The van der Waals surface area contributed by atoms with Crippen molar-refractivity contribution < 1.29 is 82.4 Å². The quantitative estimate of drug-likeness (QED) is 0.0258. The number of aromatic nitrogens is 4. The molecular formula is C63H83ClN9NaO11S2. The third-order valence-electron chi connectivity index (χ3n) is 15.3. The maximum absolute atomic E-state index is 14.6. The number of rotatable bonds is 34. The fraction of sp³-hybridized carbons (Fsp3) is 0.556. The summed E-state index contributed by atoms with van der Waals surface area (Å²) in [6, 6.07) is 12.8. The minimum atomic E-state index is -1.05. The van der Waals surface area contributed by atoms with Crippen LogP contribution in [0.3, 0.4) is 0 Å². The van der Waals surface area contributed by atoms with Crippen molar-refractivity contribution >= 4 is 75.6 Å². The molecule has 4 atom stereocenters. The summed E-state index contributed by atoms with van der Waals surface area (Å²) in [6.07, 6.45) is 9.11. The number of hydrogen-bond acceptors (Lipinski definition) is 17. The number of amides is 4. The van der Waals surface area contributed by atoms with Crippen LogP contribution in [-0.2, 0) is 54.3 Å². The number of aliphatic imine (C=N–C) groups is 1. The minimum Gasteiger partial charge on any atom is -0.550 e. The van der Waals surface area contributed by atoms with Gasteiger partial charge in [0, 0.05) is 52.9 Å². The zero-order chi connectivity index (χ0) is 61.8. The zero-order valence-electron chi connectivity index (χ0n) is 51.6. The summed E-state index contributed by atoms with van der Waals surface area (Å²) in [6.45, 7) is 14.6. The summed E-state index contributed by atoms with van der Waals surface area (Å²) in [4.78, 5) is 92.4. The summed E-state index contributed by atoms with van der Waals surface area (Å²) < 4.78 is 25.0. The molecule has 2 aliphatic heterocycles. The standard InChI is InChI=1S/C63H84ClN9O11S2.Na/c1-40-42(3)86-62-55(40)56(45-24-26-47(64)27-25-45)68-49(59-71-70-43(4)73(59)62)35-51(74)65-28-29-81-30-31-82-32-33-83-38-52(75)69-58(63(5,6)7)61(80)72-37-48(84-54(78)19-17-15-13-11-9-8-10-12-14-16-18-53(76)77)34-50(72)60(79)66-36-44-20-22-46(23-21-44)57-41(2)67-39-85-57;/h20-27,39,48-50,58H,8-19,28-38H2,1-7H3,(H,65,74)(H,66,79)(H,69,75)(H,76,77);/q;+1/p-1/t48-,49+,50+,58-;/m1./s1. The number of carboxylic acid groups (broad SMARTS) is 1. The van der Waals surface area contributed by atoms with Crippen LogP contribution in [0.4, 0.5) is 0 Å². The van der Waals surface area contributed by atoms with E-state index in [1.165, 1.54) is 4.90 Å². The summed E-state index contributed by atoms with van der Waals surface area (Å²) in [5.74, 6) is -1.71. The van der Waals surface area contributed by atoms with E-state index in [9.17, 15) is 33.9 Å². The van der Waals surface area contributed by atoms with Gasteiger partial charge in [-0.15, -0.1) is 32.9 Å². The van der Waals surface area contributed by atoms with Crippen molar-refractivity contribution in [1.82, 2.24) is 40.6 Å². The van der Waals surface area contributed by atoms with Gasteiger partial charge in [-0.1, -0.05) is 120 Å². The second-order valence-electron chi connectivity index (χ2n) is 23.0. The van der Waals surface area contributed by atoms with Gasteiger partial charge in [-0.25, -0.2) is 4.98 Å². The number of fused-ring (bicyclic) bond motifs is 3. The number of carboxylic acids is 1. The van der Waals surface area contributed by atoms with Crippen LogP contribution in [0, 0.1) is 33.1 Å². The number of hydrogen-bond donors (Lipinski definition) is 3. The number of thiazole rings is 1. The van der Waals surface area contributed by atoms with Crippen LogP contribution >= 0.6 is 34.3 Å². The zero-order valence-corrected chi connectivity index (χ0v) is 56.0. The van der Waals surface area contributed by atoms with Crippen LogP contribution in [0.2, 0.25) is 5.02 Å². The monoisotopic (exact) mass is 1260 g/mol. The largest absolute Gasteiger partial charge is 1.00 e. The Morgan fingerprint density at radius 1 is 0.770 bits per heavy atom. The normalized spacial score (nSPS) is 15.8. The van der Waals surface area contributed by atoms with Gasteiger partial charge in [0.05, 0.1) is 67.8 Å². The van der Waals surface area contributed by atoms with Crippen molar-refractivity contribution in [2.24, 2.45) is 10.4 Å². The molecule has 2 aromatic carbocycles. The molecule has 466 valence electrons. The van der Waals surface area contributed by atoms with Gasteiger partial charge in [0.1, 0.15) is 41.7 Å². The number of unbranched alkanes of at least 4 members (excludes halogenated alkanes) is 9. The Morgan fingerprint density at radius 2 is 1.39 bits per heavy atom. The van der Waals surface area contributed by atoms with Crippen molar-refractivity contribution in [1.29, 1.82) is 0 Å². The van der Waals surface area contributed by atoms with Crippen molar-refractivity contribution in [3.05, 3.63) is 104 Å². The molecule has 0 aliphatic carbocycles. The van der Waals surface area contributed by atoms with Crippen LogP contribution in [0.25, 0.3) is 15.4 Å². The van der Waals surface area contributed by atoms with E-state index in [2.05, 4.69) is 45.0 Å². The van der Waals surface area contributed by atoms with Crippen LogP contribution in [0.5, 0.6) is 0 Å². The van der Waals surface area contributed by atoms with E-state index >= 15 is 0 Å². The first-order valence-corrected chi connectivity index (χ1v) is 32.0. The van der Waals surface area contributed by atoms with Crippen molar-refractivity contribution in [2.45, 2.75) is 169 Å². The molecule has 1 saturated heterocycles. The Labute approximate surface area is 546 Å². The molecule has 7 rings (SSSR count). The molecule has 87 heavy (non-hydrogen) atoms. The first kappa shape index (κ1) is 70.7. The van der Waals surface area contributed by atoms with Crippen LogP contribution in [0.1, 0.15) is 161 Å². The number of carbonyl (C=O) groups is 6. The molecule has 2 aliphatic rings. The molecule has 3 N–H and O–H groups in total. The number of halogens is 1. The van der Waals surface area contributed by atoms with E-state index in [1.807, 2.05) is 87.7 Å². The molecule has 3 aromatic heterocycles. The van der Waals surface area contributed by atoms with Crippen LogP contribution in [-0.4, -0.2) is 137 Å². The molecule has 0 bridgehead atoms. The fourth-order valence-electron chi connectivity index (χ4n) is 10.5. The number of thiophene rings is 1. The maximum Gasteiger partial charge on any atom is 1.00 e. The number of aryl methyl sites for hydroxylation is 3. The van der Waals surface area contributed by atoms with Crippen LogP contribution in [0.15, 0.2) is 59.0 Å². The number of ether oxygens (including phenoxy) is 4. The van der Waals surface area contributed by atoms with E-state index in [4.69, 9.17) is 35.5 Å². The Morgan fingerprint density at radius 3 is 2.02 bits per heavy atom. The molecule has 0 spiro atoms. The number of nitrogens with zero attached hydrogens (tertiary/aromatic N) is 6. The van der Waals surface area contributed by atoms with E-state index in [1.54, 1.807) is 28.2 Å². The van der Waals surface area contributed by atoms with Gasteiger partial charge in [0.25, 0.3) is 0 Å². The van der Waals surface area contributed by atoms with E-state index in [-0.39, 0.29) is 126 Å². The SMILES string of the molecule is Cc1ncsc1-c1ccc(CNC(=O)[C@@H]2C[C@@H](OC(=O)CCCCCCCCCCCCC(=O)[O-])CN2C(=O)[C@@H](NC(=O)COCCOCCOCCNC(=O)C[C@@H]2N=C(c3ccc(Cl)cc3)c3c(sc(C)c3C)-n3c(C)nnc32)C(C)(C)C)cc1.[Na+]. The van der Waals surface area contributed by atoms with Gasteiger partial charge in [-0.2, -0.15) is 0 Å². The fourth-order valence-corrected chi connectivity index (χ4v) is 12.6. The molecule has 0 saturated carbocycles. The number of carbonyl (C=O) groups excluding carboxylic acids is 6. The van der Waals surface area contributed by atoms with Crippen molar-refractivity contribution in [2.75, 3.05) is 52.7 Å². The Balaban J connectivity index is 0.0000121. The summed E-state index contributed by atoms with van der Waals surface area (Å²) in [7, 11) is 0. The van der Waals surface area contributed by atoms with Gasteiger partial charge < -0.3 is 49.7 Å². The number of nitrogens with one attached hydrogen (secondary N) is 3. The average Bonchev–Trinajstić information content (AvgIpc) is 1.65. The number of aliphatic carboxylic acids is 1. The molecule has 20 nitrogen and oxygen atoms in total. The first-order valence-electron chi connectivity index (χ1n) is 29.9. The van der Waals surface area contributed by atoms with E-state index in [0.717, 1.165) is 105 Å². The molecule has 24 heteroatoms. The summed E-state index contributed by atoms with van der Waals surface area (Å²) >= 11 is 9.46. The van der Waals surface area contributed by atoms with Crippen molar-refractivity contribution in [3.63, 3.8) is 0 Å². The summed E-state index contributed by atoms with van der Waals surface area (Å²) in [5, 5.41) is 29.8. The molecular weight excluding hydrogens is 1180 g/mol. The smallest absolute Gasteiger partial charge is 0.550 e. The van der Waals surface area contributed by atoms with Crippen molar-refractivity contribution in [3.8, 4) is 15.4 Å². The molecule has 0 unspecified atom stereocenters. The van der Waals surface area contributed by atoms with Gasteiger partial charge in [-0.05, 0) is 81.2 Å². The third-order valence-corrected chi connectivity index (χ3v) is 17.7. The van der Waals surface area contributed by atoms with Gasteiger partial charge in [-0.3, -0.25) is 33.5 Å². The molecule has 0 radical (unpaired) electrons. The predicted molar refractivity (Wildman–Crippen MR) is 329 cm³/mol.